The molecule has 0 aromatic heterocycles. The summed E-state index contributed by atoms with van der Waals surface area (Å²) in [5, 5.41) is 2.89. The van der Waals surface area contributed by atoms with Gasteiger partial charge in [0.05, 0.1) is 10.6 Å². The number of benzene rings is 4. The van der Waals surface area contributed by atoms with Crippen LogP contribution < -0.4 is 9.62 Å². The highest BCUT2D eigenvalue weighted by molar-refractivity contribution is 9.10. The van der Waals surface area contributed by atoms with E-state index < -0.39 is 28.5 Å². The second kappa shape index (κ2) is 14.7. The number of hydrogen-bond donors (Lipinski definition) is 1. The molecular formula is C35H38BrN3O4S. The van der Waals surface area contributed by atoms with Gasteiger partial charge in [-0.3, -0.25) is 13.9 Å². The van der Waals surface area contributed by atoms with E-state index in [9.17, 15) is 18.0 Å². The van der Waals surface area contributed by atoms with Crippen LogP contribution in [-0.4, -0.2) is 44.3 Å². The largest absolute Gasteiger partial charge is 0.355 e. The fourth-order valence-corrected chi connectivity index (χ4v) is 6.76. The molecular weight excluding hydrogens is 638 g/mol. The third-order valence-corrected chi connectivity index (χ3v) is 9.59. The number of carbonyl (C=O) groups excluding carboxylic acids is 2. The van der Waals surface area contributed by atoms with Crippen molar-refractivity contribution in [3.05, 3.63) is 129 Å². The van der Waals surface area contributed by atoms with Crippen LogP contribution in [-0.2, 0) is 32.6 Å². The SMILES string of the molecule is CCNC(=O)[C@@H](Cc1ccccc1)N(Cc1ccc(Br)cc1)C(=O)CN(c1cc(C)cc(C)c1)S(=O)(=O)c1ccc(C)cc1. The van der Waals surface area contributed by atoms with Gasteiger partial charge in [-0.2, -0.15) is 0 Å². The minimum Gasteiger partial charge on any atom is -0.355 e. The van der Waals surface area contributed by atoms with E-state index in [4.69, 9.17) is 0 Å². The summed E-state index contributed by atoms with van der Waals surface area (Å²) in [6, 6.07) is 28.2. The Bertz CT molecular complexity index is 1670. The summed E-state index contributed by atoms with van der Waals surface area (Å²) >= 11 is 3.46. The zero-order chi connectivity index (χ0) is 31.9. The number of sulfonamides is 1. The molecule has 4 rings (SSSR count). The summed E-state index contributed by atoms with van der Waals surface area (Å²) in [5.74, 6) is -0.795. The van der Waals surface area contributed by atoms with Crippen molar-refractivity contribution in [3.8, 4) is 0 Å². The Hall–Kier alpha value is -3.95. The number of hydrogen-bond acceptors (Lipinski definition) is 4. The molecule has 0 saturated carbocycles. The number of halogens is 1. The van der Waals surface area contributed by atoms with Crippen LogP contribution in [0.1, 0.15) is 34.7 Å². The Balaban J connectivity index is 1.81. The average Bonchev–Trinajstić information content (AvgIpc) is 2.98. The third kappa shape index (κ3) is 8.36. The molecule has 0 aliphatic carbocycles. The van der Waals surface area contributed by atoms with Crippen molar-refractivity contribution in [2.24, 2.45) is 0 Å². The molecule has 0 saturated heterocycles. The van der Waals surface area contributed by atoms with Crippen LogP contribution in [0.15, 0.2) is 106 Å². The van der Waals surface area contributed by atoms with Crippen molar-refractivity contribution < 1.29 is 18.0 Å². The van der Waals surface area contributed by atoms with Gasteiger partial charge in [0, 0.05) is 24.0 Å². The molecule has 230 valence electrons. The summed E-state index contributed by atoms with van der Waals surface area (Å²) in [7, 11) is -4.15. The molecule has 4 aromatic rings. The third-order valence-electron chi connectivity index (χ3n) is 7.27. The molecule has 0 bridgehead atoms. The molecule has 0 radical (unpaired) electrons. The topological polar surface area (TPSA) is 86.8 Å². The molecule has 1 atom stereocenters. The first-order valence-corrected chi connectivity index (χ1v) is 16.7. The maximum Gasteiger partial charge on any atom is 0.264 e. The molecule has 2 amide bonds. The fraction of sp³-hybridized carbons (Fsp3) is 0.257. The van der Waals surface area contributed by atoms with Gasteiger partial charge in [0.25, 0.3) is 10.0 Å². The number of amides is 2. The van der Waals surface area contributed by atoms with Gasteiger partial charge in [0.1, 0.15) is 12.6 Å². The highest BCUT2D eigenvalue weighted by Crippen LogP contribution is 2.27. The Kier molecular flexibility index (Phi) is 11.0. The van der Waals surface area contributed by atoms with Gasteiger partial charge < -0.3 is 10.2 Å². The van der Waals surface area contributed by atoms with E-state index in [1.165, 1.54) is 4.90 Å². The maximum absolute atomic E-state index is 14.5. The lowest BCUT2D eigenvalue weighted by atomic mass is 10.0. The van der Waals surface area contributed by atoms with E-state index in [0.717, 1.165) is 36.6 Å². The van der Waals surface area contributed by atoms with Gasteiger partial charge in [-0.1, -0.05) is 82.2 Å². The monoisotopic (exact) mass is 675 g/mol. The highest BCUT2D eigenvalue weighted by atomic mass is 79.9. The van der Waals surface area contributed by atoms with Crippen molar-refractivity contribution >= 4 is 43.5 Å². The number of likely N-dealkylation sites (N-methyl/N-ethyl adjacent to an activating group) is 1. The van der Waals surface area contributed by atoms with Crippen LogP contribution in [0.4, 0.5) is 5.69 Å². The molecule has 44 heavy (non-hydrogen) atoms. The van der Waals surface area contributed by atoms with E-state index in [-0.39, 0.29) is 23.8 Å². The van der Waals surface area contributed by atoms with E-state index in [0.29, 0.717) is 12.2 Å². The molecule has 0 spiro atoms. The van der Waals surface area contributed by atoms with Crippen molar-refractivity contribution in [1.82, 2.24) is 10.2 Å². The standard InChI is InChI=1S/C35H38BrN3O4S/c1-5-37-35(41)33(22-28-9-7-6-8-10-28)38(23-29-13-15-30(36)16-14-29)34(40)24-39(31-20-26(3)19-27(4)21-31)44(42,43)32-17-11-25(2)12-18-32/h6-21,33H,5,22-24H2,1-4H3,(H,37,41)/t33-/m1/s1. The molecule has 4 aromatic carbocycles. The van der Waals surface area contributed by atoms with Crippen LogP contribution >= 0.6 is 15.9 Å². The predicted octanol–water partition coefficient (Wildman–Crippen LogP) is 6.35. The van der Waals surface area contributed by atoms with Crippen molar-refractivity contribution in [2.75, 3.05) is 17.4 Å². The zero-order valence-electron chi connectivity index (χ0n) is 25.5. The fourth-order valence-electron chi connectivity index (χ4n) is 5.09. The minimum absolute atomic E-state index is 0.0825. The molecule has 0 aliphatic rings. The number of nitrogens with one attached hydrogen (secondary N) is 1. The van der Waals surface area contributed by atoms with Gasteiger partial charge in [0.15, 0.2) is 0 Å². The quantitative estimate of drug-likeness (QED) is 0.190. The predicted molar refractivity (Wildman–Crippen MR) is 179 cm³/mol. The number of nitrogens with zero attached hydrogens (tertiary/aromatic N) is 2. The summed E-state index contributed by atoms with van der Waals surface area (Å²) in [6.07, 6.45) is 0.267. The molecule has 0 aliphatic heterocycles. The average molecular weight is 677 g/mol. The molecule has 0 heterocycles. The molecule has 0 unspecified atom stereocenters. The van der Waals surface area contributed by atoms with E-state index in [1.54, 1.807) is 36.4 Å². The number of anilines is 1. The number of rotatable bonds is 12. The van der Waals surface area contributed by atoms with Crippen LogP contribution in [0, 0.1) is 20.8 Å². The first-order chi connectivity index (χ1) is 21.0. The lowest BCUT2D eigenvalue weighted by Crippen LogP contribution is -2.53. The van der Waals surface area contributed by atoms with Crippen LogP contribution in [0.25, 0.3) is 0 Å². The van der Waals surface area contributed by atoms with E-state index in [1.807, 2.05) is 88.4 Å². The van der Waals surface area contributed by atoms with E-state index in [2.05, 4.69) is 21.2 Å². The van der Waals surface area contributed by atoms with Gasteiger partial charge >= 0.3 is 0 Å². The van der Waals surface area contributed by atoms with Crippen molar-refractivity contribution in [2.45, 2.75) is 51.6 Å². The Morgan fingerprint density at radius 2 is 1.41 bits per heavy atom. The van der Waals surface area contributed by atoms with Crippen LogP contribution in [0.2, 0.25) is 0 Å². The van der Waals surface area contributed by atoms with Crippen LogP contribution in [0.5, 0.6) is 0 Å². The Morgan fingerprint density at radius 1 is 0.795 bits per heavy atom. The highest BCUT2D eigenvalue weighted by Gasteiger charge is 2.34. The summed E-state index contributed by atoms with van der Waals surface area (Å²) in [4.78, 5) is 29.6. The van der Waals surface area contributed by atoms with E-state index >= 15 is 0 Å². The van der Waals surface area contributed by atoms with Crippen molar-refractivity contribution in [3.63, 3.8) is 0 Å². The number of carbonyl (C=O) groups is 2. The molecule has 1 N–H and O–H groups in total. The van der Waals surface area contributed by atoms with Gasteiger partial charge in [0.2, 0.25) is 11.8 Å². The second-order valence-electron chi connectivity index (χ2n) is 10.9. The normalized spacial score (nSPS) is 11.9. The van der Waals surface area contributed by atoms with Crippen LogP contribution in [0.3, 0.4) is 0 Å². The van der Waals surface area contributed by atoms with Gasteiger partial charge in [-0.15, -0.1) is 0 Å². The smallest absolute Gasteiger partial charge is 0.264 e. The zero-order valence-corrected chi connectivity index (χ0v) is 27.9. The van der Waals surface area contributed by atoms with Crippen molar-refractivity contribution in [1.29, 1.82) is 0 Å². The molecule has 7 nitrogen and oxygen atoms in total. The molecule has 9 heteroatoms. The van der Waals surface area contributed by atoms with Gasteiger partial charge in [-0.05, 0) is 86.3 Å². The second-order valence-corrected chi connectivity index (χ2v) is 13.7. The maximum atomic E-state index is 14.5. The number of aryl methyl sites for hydroxylation is 3. The van der Waals surface area contributed by atoms with Gasteiger partial charge in [-0.25, -0.2) is 8.42 Å². The Labute approximate surface area is 269 Å². The lowest BCUT2D eigenvalue weighted by molar-refractivity contribution is -0.140. The molecule has 0 fully saturated rings. The first kappa shape index (κ1) is 33.0. The minimum atomic E-state index is -4.15. The summed E-state index contributed by atoms with van der Waals surface area (Å²) in [5.41, 5.74) is 4.74. The first-order valence-electron chi connectivity index (χ1n) is 14.5. The summed E-state index contributed by atoms with van der Waals surface area (Å²) in [6.45, 7) is 7.51. The lowest BCUT2D eigenvalue weighted by Gasteiger charge is -2.34. The summed E-state index contributed by atoms with van der Waals surface area (Å²) < 4.78 is 30.4. The Morgan fingerprint density at radius 3 is 2.00 bits per heavy atom.